The number of hydrogen-bond donors (Lipinski definition) is 1. The SMILES string of the molecule is Cc1ccccc1C(NC(=O)c1ccc(N(C)C)cc1)c1nccn1C. The molecular formula is C21H24N4O. The van der Waals surface area contributed by atoms with E-state index in [1.807, 2.05) is 92.3 Å². The van der Waals surface area contributed by atoms with Crippen molar-refractivity contribution < 1.29 is 4.79 Å². The maximum Gasteiger partial charge on any atom is 0.252 e. The van der Waals surface area contributed by atoms with Crippen LogP contribution in [0.5, 0.6) is 0 Å². The zero-order chi connectivity index (χ0) is 18.7. The highest BCUT2D eigenvalue weighted by molar-refractivity contribution is 5.95. The summed E-state index contributed by atoms with van der Waals surface area (Å²) in [4.78, 5) is 19.3. The summed E-state index contributed by atoms with van der Waals surface area (Å²) in [5.41, 5.74) is 3.84. The second kappa shape index (κ2) is 7.44. The molecule has 0 saturated carbocycles. The number of nitrogens with zero attached hydrogens (tertiary/aromatic N) is 3. The smallest absolute Gasteiger partial charge is 0.252 e. The van der Waals surface area contributed by atoms with E-state index in [1.165, 1.54) is 0 Å². The van der Waals surface area contributed by atoms with Gasteiger partial charge in [0.2, 0.25) is 0 Å². The maximum atomic E-state index is 12.9. The van der Waals surface area contributed by atoms with E-state index in [1.54, 1.807) is 6.20 Å². The standard InChI is InChI=1S/C21H24N4O/c1-15-7-5-6-8-18(15)19(20-22-13-14-25(20)4)23-21(26)16-9-11-17(12-10-16)24(2)3/h5-14,19H,1-4H3,(H,23,26). The molecule has 2 aromatic carbocycles. The third kappa shape index (κ3) is 3.61. The van der Waals surface area contributed by atoms with Gasteiger partial charge in [-0.15, -0.1) is 0 Å². The zero-order valence-corrected chi connectivity index (χ0v) is 15.6. The Morgan fingerprint density at radius 3 is 2.38 bits per heavy atom. The van der Waals surface area contributed by atoms with Gasteiger partial charge in [-0.1, -0.05) is 24.3 Å². The van der Waals surface area contributed by atoms with Crippen molar-refractivity contribution in [1.29, 1.82) is 0 Å². The number of imidazole rings is 1. The van der Waals surface area contributed by atoms with Gasteiger partial charge < -0.3 is 14.8 Å². The Labute approximate surface area is 154 Å². The van der Waals surface area contributed by atoms with Crippen molar-refractivity contribution in [2.24, 2.45) is 7.05 Å². The summed E-state index contributed by atoms with van der Waals surface area (Å²) in [6, 6.07) is 15.3. The van der Waals surface area contributed by atoms with Crippen LogP contribution in [0.2, 0.25) is 0 Å². The van der Waals surface area contributed by atoms with Crippen LogP contribution in [0.4, 0.5) is 5.69 Å². The molecule has 1 N–H and O–H groups in total. The van der Waals surface area contributed by atoms with E-state index in [4.69, 9.17) is 0 Å². The normalized spacial score (nSPS) is 11.8. The van der Waals surface area contributed by atoms with Crippen LogP contribution in [-0.4, -0.2) is 29.6 Å². The molecule has 5 nitrogen and oxygen atoms in total. The van der Waals surface area contributed by atoms with Crippen LogP contribution in [0.15, 0.2) is 60.9 Å². The van der Waals surface area contributed by atoms with Gasteiger partial charge in [-0.2, -0.15) is 0 Å². The van der Waals surface area contributed by atoms with Crippen molar-refractivity contribution in [1.82, 2.24) is 14.9 Å². The minimum atomic E-state index is -0.308. The molecule has 1 amide bonds. The highest BCUT2D eigenvalue weighted by Gasteiger charge is 2.22. The van der Waals surface area contributed by atoms with Crippen molar-refractivity contribution in [3.63, 3.8) is 0 Å². The number of benzene rings is 2. The summed E-state index contributed by atoms with van der Waals surface area (Å²) >= 11 is 0. The Morgan fingerprint density at radius 2 is 1.81 bits per heavy atom. The van der Waals surface area contributed by atoms with E-state index >= 15 is 0 Å². The quantitative estimate of drug-likeness (QED) is 0.769. The molecular weight excluding hydrogens is 324 g/mol. The number of carbonyl (C=O) groups is 1. The first-order chi connectivity index (χ1) is 12.5. The summed E-state index contributed by atoms with van der Waals surface area (Å²) in [7, 11) is 5.89. The highest BCUT2D eigenvalue weighted by atomic mass is 16.1. The lowest BCUT2D eigenvalue weighted by molar-refractivity contribution is 0.0941. The number of nitrogens with one attached hydrogen (secondary N) is 1. The lowest BCUT2D eigenvalue weighted by atomic mass is 10.00. The third-order valence-electron chi connectivity index (χ3n) is 4.54. The van der Waals surface area contributed by atoms with Crippen LogP contribution >= 0.6 is 0 Å². The van der Waals surface area contributed by atoms with E-state index in [9.17, 15) is 4.79 Å². The molecule has 0 fully saturated rings. The molecule has 0 spiro atoms. The Kier molecular flexibility index (Phi) is 5.07. The molecule has 0 saturated heterocycles. The second-order valence-corrected chi connectivity index (χ2v) is 6.60. The van der Waals surface area contributed by atoms with Gasteiger partial charge in [0, 0.05) is 44.8 Å². The van der Waals surface area contributed by atoms with Gasteiger partial charge in [-0.05, 0) is 42.3 Å². The molecule has 0 bridgehead atoms. The number of aromatic nitrogens is 2. The fraction of sp³-hybridized carbons (Fsp3) is 0.238. The van der Waals surface area contributed by atoms with Crippen LogP contribution in [-0.2, 0) is 7.05 Å². The fourth-order valence-corrected chi connectivity index (χ4v) is 2.97. The van der Waals surface area contributed by atoms with Crippen LogP contribution < -0.4 is 10.2 Å². The molecule has 0 radical (unpaired) electrons. The molecule has 1 aromatic heterocycles. The van der Waals surface area contributed by atoms with Gasteiger partial charge in [-0.3, -0.25) is 4.79 Å². The molecule has 3 rings (SSSR count). The average Bonchev–Trinajstić information content (AvgIpc) is 3.06. The van der Waals surface area contributed by atoms with Crippen molar-refractivity contribution in [2.45, 2.75) is 13.0 Å². The van der Waals surface area contributed by atoms with Crippen molar-refractivity contribution in [3.05, 3.63) is 83.4 Å². The van der Waals surface area contributed by atoms with Gasteiger partial charge in [0.15, 0.2) is 0 Å². The lowest BCUT2D eigenvalue weighted by Crippen LogP contribution is -2.31. The second-order valence-electron chi connectivity index (χ2n) is 6.60. The Hall–Kier alpha value is -3.08. The van der Waals surface area contributed by atoms with Crippen molar-refractivity contribution >= 4 is 11.6 Å². The monoisotopic (exact) mass is 348 g/mol. The largest absolute Gasteiger partial charge is 0.378 e. The predicted octanol–water partition coefficient (Wildman–Crippen LogP) is 3.31. The summed E-state index contributed by atoms with van der Waals surface area (Å²) in [5, 5.41) is 3.15. The Balaban J connectivity index is 1.92. The van der Waals surface area contributed by atoms with E-state index in [0.717, 1.165) is 22.6 Å². The molecule has 3 aromatic rings. The summed E-state index contributed by atoms with van der Waals surface area (Å²) in [5.74, 6) is 0.684. The lowest BCUT2D eigenvalue weighted by Gasteiger charge is -2.21. The number of hydrogen-bond acceptors (Lipinski definition) is 3. The molecule has 1 unspecified atom stereocenters. The molecule has 1 atom stereocenters. The van der Waals surface area contributed by atoms with Crippen LogP contribution in [0, 0.1) is 6.92 Å². The van der Waals surface area contributed by atoms with Crippen molar-refractivity contribution in [3.8, 4) is 0 Å². The van der Waals surface area contributed by atoms with Crippen LogP contribution in [0.25, 0.3) is 0 Å². The number of carbonyl (C=O) groups excluding carboxylic acids is 1. The molecule has 134 valence electrons. The van der Waals surface area contributed by atoms with Crippen molar-refractivity contribution in [2.75, 3.05) is 19.0 Å². The molecule has 26 heavy (non-hydrogen) atoms. The first-order valence-electron chi connectivity index (χ1n) is 8.58. The minimum Gasteiger partial charge on any atom is -0.378 e. The summed E-state index contributed by atoms with van der Waals surface area (Å²) in [6.45, 7) is 2.04. The third-order valence-corrected chi connectivity index (χ3v) is 4.54. The van der Waals surface area contributed by atoms with E-state index in [-0.39, 0.29) is 11.9 Å². The molecule has 5 heteroatoms. The maximum absolute atomic E-state index is 12.9. The molecule has 0 aliphatic carbocycles. The summed E-state index contributed by atoms with van der Waals surface area (Å²) < 4.78 is 1.94. The fourth-order valence-electron chi connectivity index (χ4n) is 2.97. The van der Waals surface area contributed by atoms with Gasteiger partial charge in [0.1, 0.15) is 11.9 Å². The van der Waals surface area contributed by atoms with E-state index in [0.29, 0.717) is 5.56 Å². The Morgan fingerprint density at radius 1 is 1.12 bits per heavy atom. The topological polar surface area (TPSA) is 50.2 Å². The molecule has 0 aliphatic rings. The summed E-state index contributed by atoms with van der Waals surface area (Å²) in [6.07, 6.45) is 3.64. The van der Waals surface area contributed by atoms with Gasteiger partial charge in [0.25, 0.3) is 5.91 Å². The highest BCUT2D eigenvalue weighted by Crippen LogP contribution is 2.24. The molecule has 0 aliphatic heterocycles. The predicted molar refractivity (Wildman–Crippen MR) is 104 cm³/mol. The molecule has 1 heterocycles. The Bertz CT molecular complexity index is 896. The zero-order valence-electron chi connectivity index (χ0n) is 15.6. The van der Waals surface area contributed by atoms with Crippen LogP contribution in [0.3, 0.4) is 0 Å². The van der Waals surface area contributed by atoms with Gasteiger partial charge in [-0.25, -0.2) is 4.98 Å². The van der Waals surface area contributed by atoms with Crippen LogP contribution in [0.1, 0.15) is 33.4 Å². The number of amides is 1. The van der Waals surface area contributed by atoms with Gasteiger partial charge >= 0.3 is 0 Å². The van der Waals surface area contributed by atoms with E-state index < -0.39 is 0 Å². The first-order valence-corrected chi connectivity index (χ1v) is 8.58. The first kappa shape index (κ1) is 17.7. The number of aryl methyl sites for hydroxylation is 2. The van der Waals surface area contributed by atoms with E-state index in [2.05, 4.69) is 10.3 Å². The minimum absolute atomic E-state index is 0.119. The van der Waals surface area contributed by atoms with Gasteiger partial charge in [0.05, 0.1) is 0 Å². The number of anilines is 1. The number of rotatable bonds is 5. The average molecular weight is 348 g/mol.